The standard InChI is InChI=1S/C14H12ClNO3S/c15-13-6-5-12(20-13)14(17)16-7-9-8-18-10-3-1-2-4-11(10)19-9/h1-6,9H,7-8H2,(H,16,17)/t9-/m0/s1. The van der Waals surface area contributed by atoms with Gasteiger partial charge in [0.2, 0.25) is 0 Å². The van der Waals surface area contributed by atoms with E-state index in [0.29, 0.717) is 28.1 Å². The number of benzene rings is 1. The van der Waals surface area contributed by atoms with Crippen molar-refractivity contribution in [2.75, 3.05) is 13.2 Å². The lowest BCUT2D eigenvalue weighted by Gasteiger charge is -2.26. The van der Waals surface area contributed by atoms with Crippen LogP contribution in [0.5, 0.6) is 11.5 Å². The molecule has 3 rings (SSSR count). The molecule has 1 aromatic heterocycles. The summed E-state index contributed by atoms with van der Waals surface area (Å²) in [4.78, 5) is 12.5. The van der Waals surface area contributed by atoms with Gasteiger partial charge in [-0.3, -0.25) is 4.79 Å². The van der Waals surface area contributed by atoms with Crippen molar-refractivity contribution in [3.8, 4) is 11.5 Å². The van der Waals surface area contributed by atoms with Gasteiger partial charge in [-0.2, -0.15) is 0 Å². The molecule has 1 aliphatic rings. The number of hydrogen-bond donors (Lipinski definition) is 1. The third-order valence-electron chi connectivity index (χ3n) is 2.85. The van der Waals surface area contributed by atoms with E-state index >= 15 is 0 Å². The number of fused-ring (bicyclic) bond motifs is 1. The van der Waals surface area contributed by atoms with Gasteiger partial charge < -0.3 is 14.8 Å². The summed E-state index contributed by atoms with van der Waals surface area (Å²) < 4.78 is 11.9. The lowest BCUT2D eigenvalue weighted by Crippen LogP contribution is -2.40. The summed E-state index contributed by atoms with van der Waals surface area (Å²) in [5.41, 5.74) is 0. The zero-order valence-corrected chi connectivity index (χ0v) is 12.0. The van der Waals surface area contributed by atoms with Gasteiger partial charge in [-0.15, -0.1) is 11.3 Å². The monoisotopic (exact) mass is 309 g/mol. The van der Waals surface area contributed by atoms with E-state index in [1.165, 1.54) is 11.3 Å². The van der Waals surface area contributed by atoms with Crippen molar-refractivity contribution in [2.45, 2.75) is 6.10 Å². The van der Waals surface area contributed by atoms with E-state index in [1.54, 1.807) is 12.1 Å². The van der Waals surface area contributed by atoms with Crippen molar-refractivity contribution >= 4 is 28.8 Å². The number of rotatable bonds is 3. The first-order valence-electron chi connectivity index (χ1n) is 6.14. The lowest BCUT2D eigenvalue weighted by atomic mass is 10.2. The molecule has 2 aromatic rings. The molecule has 1 atom stereocenters. The second-order valence-electron chi connectivity index (χ2n) is 4.31. The molecule has 1 aliphatic heterocycles. The molecule has 0 spiro atoms. The van der Waals surface area contributed by atoms with Gasteiger partial charge in [-0.05, 0) is 24.3 Å². The Labute approximate surface area is 125 Å². The molecule has 0 fully saturated rings. The molecule has 4 nitrogen and oxygen atoms in total. The number of carbonyl (C=O) groups is 1. The van der Waals surface area contributed by atoms with E-state index < -0.39 is 0 Å². The fraction of sp³-hybridized carbons (Fsp3) is 0.214. The van der Waals surface area contributed by atoms with Crippen LogP contribution in [0.15, 0.2) is 36.4 Å². The summed E-state index contributed by atoms with van der Waals surface area (Å²) >= 11 is 7.06. The molecule has 1 aromatic carbocycles. The third kappa shape index (κ3) is 2.89. The predicted octanol–water partition coefficient (Wildman–Crippen LogP) is 2.97. The first-order chi connectivity index (χ1) is 9.72. The first kappa shape index (κ1) is 13.3. The number of hydrogen-bond acceptors (Lipinski definition) is 4. The van der Waals surface area contributed by atoms with Gasteiger partial charge in [0, 0.05) is 0 Å². The van der Waals surface area contributed by atoms with Crippen LogP contribution in [0.25, 0.3) is 0 Å². The third-order valence-corrected chi connectivity index (χ3v) is 4.08. The highest BCUT2D eigenvalue weighted by Crippen LogP contribution is 2.30. The van der Waals surface area contributed by atoms with Gasteiger partial charge in [0.15, 0.2) is 11.5 Å². The minimum Gasteiger partial charge on any atom is -0.486 e. The molecule has 0 saturated heterocycles. The van der Waals surface area contributed by atoms with Crippen molar-refractivity contribution in [3.63, 3.8) is 0 Å². The number of nitrogens with one attached hydrogen (secondary N) is 1. The Bertz CT molecular complexity index is 628. The van der Waals surface area contributed by atoms with E-state index in [2.05, 4.69) is 5.32 Å². The fourth-order valence-corrected chi connectivity index (χ4v) is 2.85. The molecule has 104 valence electrons. The highest BCUT2D eigenvalue weighted by molar-refractivity contribution is 7.17. The van der Waals surface area contributed by atoms with Gasteiger partial charge in [0.25, 0.3) is 5.91 Å². The molecule has 0 unspecified atom stereocenters. The second-order valence-corrected chi connectivity index (χ2v) is 6.03. The van der Waals surface area contributed by atoms with Gasteiger partial charge in [0.1, 0.15) is 12.7 Å². The Balaban J connectivity index is 1.56. The van der Waals surface area contributed by atoms with E-state index in [9.17, 15) is 4.79 Å². The van der Waals surface area contributed by atoms with Crippen LogP contribution >= 0.6 is 22.9 Å². The van der Waals surface area contributed by atoms with Gasteiger partial charge in [0.05, 0.1) is 15.8 Å². The van der Waals surface area contributed by atoms with Crippen molar-refractivity contribution in [1.29, 1.82) is 0 Å². The summed E-state index contributed by atoms with van der Waals surface area (Å²) in [7, 11) is 0. The van der Waals surface area contributed by atoms with Crippen LogP contribution in [-0.2, 0) is 0 Å². The maximum absolute atomic E-state index is 11.9. The number of carbonyl (C=O) groups excluding carboxylic acids is 1. The molecule has 20 heavy (non-hydrogen) atoms. The van der Waals surface area contributed by atoms with Crippen LogP contribution in [0.2, 0.25) is 4.34 Å². The van der Waals surface area contributed by atoms with Crippen LogP contribution < -0.4 is 14.8 Å². The maximum Gasteiger partial charge on any atom is 0.261 e. The zero-order valence-electron chi connectivity index (χ0n) is 10.5. The minimum absolute atomic E-state index is 0.149. The van der Waals surface area contributed by atoms with Crippen molar-refractivity contribution in [2.24, 2.45) is 0 Å². The Morgan fingerprint density at radius 2 is 2.10 bits per heavy atom. The number of para-hydroxylation sites is 2. The second kappa shape index (κ2) is 5.73. The van der Waals surface area contributed by atoms with Crippen LogP contribution in [-0.4, -0.2) is 25.2 Å². The van der Waals surface area contributed by atoms with E-state index in [-0.39, 0.29) is 12.0 Å². The zero-order chi connectivity index (χ0) is 13.9. The number of thiophene rings is 1. The highest BCUT2D eigenvalue weighted by Gasteiger charge is 2.21. The van der Waals surface area contributed by atoms with Crippen LogP contribution in [0, 0.1) is 0 Å². The summed E-state index contributed by atoms with van der Waals surface area (Å²) in [5.74, 6) is 1.29. The van der Waals surface area contributed by atoms with Crippen molar-refractivity contribution in [3.05, 3.63) is 45.6 Å². The molecule has 0 radical (unpaired) electrons. The van der Waals surface area contributed by atoms with Gasteiger partial charge >= 0.3 is 0 Å². The Morgan fingerprint density at radius 1 is 1.30 bits per heavy atom. The molecule has 0 bridgehead atoms. The predicted molar refractivity (Wildman–Crippen MR) is 78.0 cm³/mol. The van der Waals surface area contributed by atoms with E-state index in [0.717, 1.165) is 5.75 Å². The van der Waals surface area contributed by atoms with Crippen LogP contribution in [0.3, 0.4) is 0 Å². The first-order valence-corrected chi connectivity index (χ1v) is 7.34. The Morgan fingerprint density at radius 3 is 2.85 bits per heavy atom. The molecule has 6 heteroatoms. The average molecular weight is 310 g/mol. The SMILES string of the molecule is O=C(NC[C@H]1COc2ccccc2O1)c1ccc(Cl)s1. The summed E-state index contributed by atoms with van der Waals surface area (Å²) in [6.45, 7) is 0.811. The topological polar surface area (TPSA) is 47.6 Å². The van der Waals surface area contributed by atoms with Crippen molar-refractivity contribution in [1.82, 2.24) is 5.32 Å². The Kier molecular flexibility index (Phi) is 3.80. The van der Waals surface area contributed by atoms with Crippen LogP contribution in [0.4, 0.5) is 0 Å². The lowest BCUT2D eigenvalue weighted by molar-refractivity contribution is 0.0791. The molecule has 2 heterocycles. The van der Waals surface area contributed by atoms with Gasteiger partial charge in [-0.1, -0.05) is 23.7 Å². The van der Waals surface area contributed by atoms with Gasteiger partial charge in [-0.25, -0.2) is 0 Å². The molecule has 1 N–H and O–H groups in total. The quantitative estimate of drug-likeness (QED) is 0.948. The smallest absolute Gasteiger partial charge is 0.261 e. The summed E-state index contributed by atoms with van der Waals surface area (Å²) in [6.07, 6.45) is -0.190. The molecular formula is C14H12ClNO3S. The molecule has 1 amide bonds. The largest absolute Gasteiger partial charge is 0.486 e. The minimum atomic E-state index is -0.190. The number of amides is 1. The van der Waals surface area contributed by atoms with Crippen molar-refractivity contribution < 1.29 is 14.3 Å². The Hall–Kier alpha value is -1.72. The van der Waals surface area contributed by atoms with E-state index in [1.807, 2.05) is 24.3 Å². The number of halogens is 1. The fourth-order valence-electron chi connectivity index (χ4n) is 1.89. The molecular weight excluding hydrogens is 298 g/mol. The summed E-state index contributed by atoms with van der Waals surface area (Å²) in [6, 6.07) is 10.9. The average Bonchev–Trinajstić information content (AvgIpc) is 2.91. The summed E-state index contributed by atoms with van der Waals surface area (Å²) in [5, 5.41) is 2.82. The van der Waals surface area contributed by atoms with E-state index in [4.69, 9.17) is 21.1 Å². The normalized spacial score (nSPS) is 16.8. The molecule has 0 saturated carbocycles. The molecule has 0 aliphatic carbocycles. The highest BCUT2D eigenvalue weighted by atomic mass is 35.5. The maximum atomic E-state index is 11.9. The van der Waals surface area contributed by atoms with Crippen LogP contribution in [0.1, 0.15) is 9.67 Å². The number of ether oxygens (including phenoxy) is 2.